The standard InChI is InChI=1S/C12H16N2O3/c1-3-16-11(15)5-4-8-17-10-7-6-9(2)14-12(10)13/h4-7H,3,8H2,1-2H3,(H2,13,14)/b5-4+. The highest BCUT2D eigenvalue weighted by molar-refractivity contribution is 5.81. The minimum Gasteiger partial charge on any atom is -0.486 e. The zero-order chi connectivity index (χ0) is 12.7. The van der Waals surface area contributed by atoms with Crippen molar-refractivity contribution in [1.82, 2.24) is 4.98 Å². The predicted molar refractivity (Wildman–Crippen MR) is 64.7 cm³/mol. The van der Waals surface area contributed by atoms with E-state index in [1.165, 1.54) is 6.08 Å². The number of aryl methyl sites for hydroxylation is 1. The van der Waals surface area contributed by atoms with Crippen molar-refractivity contribution in [1.29, 1.82) is 0 Å². The Labute approximate surface area is 100 Å². The second kappa shape index (κ2) is 6.52. The normalized spacial score (nSPS) is 10.5. The summed E-state index contributed by atoms with van der Waals surface area (Å²) in [6.45, 7) is 4.20. The van der Waals surface area contributed by atoms with E-state index in [0.29, 0.717) is 18.2 Å². The molecule has 0 saturated heterocycles. The maximum atomic E-state index is 11.0. The number of hydrogen-bond donors (Lipinski definition) is 1. The van der Waals surface area contributed by atoms with Crippen molar-refractivity contribution in [2.45, 2.75) is 13.8 Å². The molecule has 0 spiro atoms. The number of rotatable bonds is 5. The van der Waals surface area contributed by atoms with Gasteiger partial charge in [0, 0.05) is 11.8 Å². The summed E-state index contributed by atoms with van der Waals surface area (Å²) in [5, 5.41) is 0. The lowest BCUT2D eigenvalue weighted by Crippen LogP contribution is -2.03. The van der Waals surface area contributed by atoms with Gasteiger partial charge in [0.25, 0.3) is 0 Å². The van der Waals surface area contributed by atoms with Gasteiger partial charge >= 0.3 is 5.97 Å². The zero-order valence-corrected chi connectivity index (χ0v) is 9.97. The molecule has 5 nitrogen and oxygen atoms in total. The minimum absolute atomic E-state index is 0.244. The fraction of sp³-hybridized carbons (Fsp3) is 0.333. The van der Waals surface area contributed by atoms with Gasteiger partial charge in [0.2, 0.25) is 0 Å². The molecule has 0 fully saturated rings. The van der Waals surface area contributed by atoms with Crippen LogP contribution in [0.2, 0.25) is 0 Å². The Morgan fingerprint density at radius 1 is 1.53 bits per heavy atom. The topological polar surface area (TPSA) is 74.4 Å². The number of carbonyl (C=O) groups is 1. The molecular formula is C12H16N2O3. The second-order valence-electron chi connectivity index (χ2n) is 3.30. The second-order valence-corrected chi connectivity index (χ2v) is 3.30. The summed E-state index contributed by atoms with van der Waals surface area (Å²) in [7, 11) is 0. The SMILES string of the molecule is CCOC(=O)/C=C/COc1ccc(C)nc1N. The van der Waals surface area contributed by atoms with E-state index in [4.69, 9.17) is 15.2 Å². The number of aromatic nitrogens is 1. The summed E-state index contributed by atoms with van der Waals surface area (Å²) in [6, 6.07) is 3.55. The van der Waals surface area contributed by atoms with Crippen molar-refractivity contribution in [3.8, 4) is 5.75 Å². The number of nitrogen functional groups attached to an aromatic ring is 1. The molecule has 5 heteroatoms. The van der Waals surface area contributed by atoms with Crippen molar-refractivity contribution in [2.75, 3.05) is 18.9 Å². The summed E-state index contributed by atoms with van der Waals surface area (Å²) in [5.41, 5.74) is 6.49. The molecule has 1 rings (SSSR count). The summed E-state index contributed by atoms with van der Waals surface area (Å²) in [5.74, 6) is 0.463. The molecule has 0 atom stereocenters. The minimum atomic E-state index is -0.383. The average Bonchev–Trinajstić information content (AvgIpc) is 2.27. The Morgan fingerprint density at radius 2 is 2.29 bits per heavy atom. The summed E-state index contributed by atoms with van der Waals surface area (Å²) >= 11 is 0. The van der Waals surface area contributed by atoms with Crippen molar-refractivity contribution < 1.29 is 14.3 Å². The molecule has 0 amide bonds. The average molecular weight is 236 g/mol. The zero-order valence-electron chi connectivity index (χ0n) is 9.97. The van der Waals surface area contributed by atoms with E-state index in [-0.39, 0.29) is 12.6 Å². The molecule has 0 saturated carbocycles. The first-order chi connectivity index (χ1) is 8.13. The molecule has 2 N–H and O–H groups in total. The van der Waals surface area contributed by atoms with Crippen molar-refractivity contribution in [2.24, 2.45) is 0 Å². The Bertz CT molecular complexity index is 416. The van der Waals surface area contributed by atoms with Crippen molar-refractivity contribution in [3.63, 3.8) is 0 Å². The molecular weight excluding hydrogens is 220 g/mol. The van der Waals surface area contributed by atoms with Gasteiger partial charge in [-0.2, -0.15) is 0 Å². The first kappa shape index (κ1) is 13.0. The molecule has 92 valence electrons. The monoisotopic (exact) mass is 236 g/mol. The number of esters is 1. The number of hydrogen-bond acceptors (Lipinski definition) is 5. The highest BCUT2D eigenvalue weighted by Crippen LogP contribution is 2.18. The number of nitrogens with two attached hydrogens (primary N) is 1. The number of pyridine rings is 1. The van der Waals surface area contributed by atoms with Crippen LogP contribution in [0.25, 0.3) is 0 Å². The van der Waals surface area contributed by atoms with Crippen LogP contribution in [0.3, 0.4) is 0 Å². The fourth-order valence-electron chi connectivity index (χ4n) is 1.16. The van der Waals surface area contributed by atoms with E-state index in [9.17, 15) is 4.79 Å². The third kappa shape index (κ3) is 4.55. The van der Waals surface area contributed by atoms with E-state index < -0.39 is 0 Å². The van der Waals surface area contributed by atoms with Crippen LogP contribution < -0.4 is 10.5 Å². The van der Waals surface area contributed by atoms with Crippen LogP contribution in [0.4, 0.5) is 5.82 Å². The molecule has 0 bridgehead atoms. The van der Waals surface area contributed by atoms with E-state index in [1.54, 1.807) is 25.1 Å². The first-order valence-corrected chi connectivity index (χ1v) is 5.32. The smallest absolute Gasteiger partial charge is 0.330 e. The van der Waals surface area contributed by atoms with Crippen LogP contribution in [-0.2, 0) is 9.53 Å². The molecule has 0 aliphatic carbocycles. The molecule has 0 aromatic carbocycles. The van der Waals surface area contributed by atoms with Crippen molar-refractivity contribution in [3.05, 3.63) is 30.0 Å². The first-order valence-electron chi connectivity index (χ1n) is 5.32. The van der Waals surface area contributed by atoms with E-state index in [0.717, 1.165) is 5.69 Å². The Balaban J connectivity index is 2.43. The largest absolute Gasteiger partial charge is 0.486 e. The van der Waals surface area contributed by atoms with Gasteiger partial charge in [0.05, 0.1) is 6.61 Å². The van der Waals surface area contributed by atoms with Gasteiger partial charge in [-0.1, -0.05) is 0 Å². The van der Waals surface area contributed by atoms with Crippen molar-refractivity contribution >= 4 is 11.8 Å². The molecule has 0 aliphatic rings. The Hall–Kier alpha value is -2.04. The molecule has 1 aromatic rings. The number of anilines is 1. The van der Waals surface area contributed by atoms with Gasteiger partial charge < -0.3 is 15.2 Å². The van der Waals surface area contributed by atoms with Gasteiger partial charge in [-0.25, -0.2) is 9.78 Å². The predicted octanol–water partition coefficient (Wildman–Crippen LogP) is 1.47. The molecule has 1 heterocycles. The third-order valence-corrected chi connectivity index (χ3v) is 1.90. The maximum absolute atomic E-state index is 11.0. The Morgan fingerprint density at radius 3 is 2.94 bits per heavy atom. The third-order valence-electron chi connectivity index (χ3n) is 1.90. The lowest BCUT2D eigenvalue weighted by molar-refractivity contribution is -0.137. The lowest BCUT2D eigenvalue weighted by Gasteiger charge is -2.06. The van der Waals surface area contributed by atoms with Crippen LogP contribution in [0.15, 0.2) is 24.3 Å². The van der Waals surface area contributed by atoms with E-state index in [1.807, 2.05) is 6.92 Å². The lowest BCUT2D eigenvalue weighted by atomic mass is 10.3. The van der Waals surface area contributed by atoms with Crippen LogP contribution in [0.5, 0.6) is 5.75 Å². The fourth-order valence-corrected chi connectivity index (χ4v) is 1.16. The van der Waals surface area contributed by atoms with Gasteiger partial charge in [-0.05, 0) is 32.1 Å². The Kier molecular flexibility index (Phi) is 5.00. The molecule has 17 heavy (non-hydrogen) atoms. The van der Waals surface area contributed by atoms with Crippen LogP contribution in [0.1, 0.15) is 12.6 Å². The van der Waals surface area contributed by atoms with E-state index in [2.05, 4.69) is 4.98 Å². The number of nitrogens with zero attached hydrogens (tertiary/aromatic N) is 1. The van der Waals surface area contributed by atoms with Crippen LogP contribution >= 0.6 is 0 Å². The summed E-state index contributed by atoms with van der Waals surface area (Å²) in [4.78, 5) is 15.0. The van der Waals surface area contributed by atoms with Gasteiger partial charge in [-0.3, -0.25) is 0 Å². The summed E-state index contributed by atoms with van der Waals surface area (Å²) < 4.78 is 10.1. The summed E-state index contributed by atoms with van der Waals surface area (Å²) in [6.07, 6.45) is 2.89. The van der Waals surface area contributed by atoms with Crippen LogP contribution in [0, 0.1) is 6.92 Å². The quantitative estimate of drug-likeness (QED) is 0.619. The molecule has 1 aromatic heterocycles. The highest BCUT2D eigenvalue weighted by atomic mass is 16.5. The maximum Gasteiger partial charge on any atom is 0.330 e. The van der Waals surface area contributed by atoms with Crippen LogP contribution in [-0.4, -0.2) is 24.2 Å². The number of ether oxygens (including phenoxy) is 2. The molecule has 0 radical (unpaired) electrons. The van der Waals surface area contributed by atoms with Gasteiger partial charge in [0.15, 0.2) is 11.6 Å². The van der Waals surface area contributed by atoms with E-state index >= 15 is 0 Å². The molecule has 0 aliphatic heterocycles. The van der Waals surface area contributed by atoms with Gasteiger partial charge in [-0.15, -0.1) is 0 Å². The number of carbonyl (C=O) groups excluding carboxylic acids is 1. The highest BCUT2D eigenvalue weighted by Gasteiger charge is 2.00. The van der Waals surface area contributed by atoms with Gasteiger partial charge in [0.1, 0.15) is 6.61 Å². The molecule has 0 unspecified atom stereocenters.